The second-order valence-corrected chi connectivity index (χ2v) is 6.89. The minimum atomic E-state index is -0.453. The topological polar surface area (TPSA) is 72.6 Å². The number of esters is 1. The van der Waals surface area contributed by atoms with Crippen molar-refractivity contribution in [3.05, 3.63) is 58.8 Å². The summed E-state index contributed by atoms with van der Waals surface area (Å²) in [6.07, 6.45) is 1.57. The summed E-state index contributed by atoms with van der Waals surface area (Å²) in [6, 6.07) is 10.5. The molecule has 7 heteroatoms. The molecule has 0 spiro atoms. The number of carbonyl (C=O) groups is 2. The number of hydrogen-bond acceptors (Lipinski definition) is 6. The first-order chi connectivity index (χ1) is 13.1. The number of thiazole rings is 1. The van der Waals surface area contributed by atoms with E-state index in [1.165, 1.54) is 11.3 Å². The number of aromatic nitrogens is 1. The van der Waals surface area contributed by atoms with E-state index in [9.17, 15) is 9.59 Å². The van der Waals surface area contributed by atoms with Crippen molar-refractivity contribution in [1.82, 2.24) is 4.98 Å². The van der Waals surface area contributed by atoms with Gasteiger partial charge in [-0.15, -0.1) is 11.3 Å². The van der Waals surface area contributed by atoms with Gasteiger partial charge in [0.2, 0.25) is 0 Å². The Bertz CT molecular complexity index is 947. The molecule has 0 atom stereocenters. The number of ether oxygens (including phenoxy) is 1. The van der Waals surface area contributed by atoms with Crippen LogP contribution in [0, 0.1) is 6.92 Å². The molecule has 140 valence electrons. The van der Waals surface area contributed by atoms with Gasteiger partial charge in [-0.05, 0) is 45.0 Å². The molecular weight excluding hydrogens is 364 g/mol. The van der Waals surface area contributed by atoms with Gasteiger partial charge in [0.15, 0.2) is 10.8 Å². The number of para-hydroxylation sites is 1. The van der Waals surface area contributed by atoms with Crippen LogP contribution < -0.4 is 4.90 Å². The molecule has 1 amide bonds. The number of nitrogens with zero attached hydrogens (tertiary/aromatic N) is 2. The molecule has 0 aliphatic heterocycles. The number of furan rings is 1. The summed E-state index contributed by atoms with van der Waals surface area (Å²) >= 11 is 1.40. The number of carbonyl (C=O) groups excluding carboxylic acids is 2. The predicted octanol–water partition coefficient (Wildman–Crippen LogP) is 4.55. The van der Waals surface area contributed by atoms with Crippen molar-refractivity contribution in [2.75, 3.05) is 18.1 Å². The predicted molar refractivity (Wildman–Crippen MR) is 104 cm³/mol. The minimum absolute atomic E-state index is 0.263. The average Bonchev–Trinajstić information content (AvgIpc) is 3.32. The largest absolute Gasteiger partial charge is 0.462 e. The lowest BCUT2D eigenvalue weighted by Crippen LogP contribution is -2.32. The number of aryl methyl sites for hydroxylation is 1. The van der Waals surface area contributed by atoms with Crippen molar-refractivity contribution < 1.29 is 18.7 Å². The Kier molecular flexibility index (Phi) is 5.71. The highest BCUT2D eigenvalue weighted by molar-refractivity contribution is 7.15. The Morgan fingerprint density at radius 2 is 1.96 bits per heavy atom. The van der Waals surface area contributed by atoms with Crippen LogP contribution in [0.25, 0.3) is 10.8 Å². The molecule has 3 aromatic rings. The van der Waals surface area contributed by atoms with Crippen molar-refractivity contribution in [1.29, 1.82) is 0 Å². The minimum Gasteiger partial charge on any atom is -0.462 e. The fourth-order valence-corrected chi connectivity index (χ4v) is 3.62. The summed E-state index contributed by atoms with van der Waals surface area (Å²) in [4.78, 5) is 32.3. The molecular formula is C20H20N2O4S. The van der Waals surface area contributed by atoms with Crippen molar-refractivity contribution in [3.63, 3.8) is 0 Å². The van der Waals surface area contributed by atoms with E-state index in [1.807, 2.05) is 13.8 Å². The normalized spacial score (nSPS) is 10.6. The standard InChI is InChI=1S/C20H20N2O4S/c1-4-22(15-10-7-6-9-14(15)20(24)25-5-2)19(23)17-13(3)27-18(21-17)16-11-8-12-26-16/h6-12H,4-5H2,1-3H3. The molecule has 0 saturated carbocycles. The molecule has 0 saturated heterocycles. The summed E-state index contributed by atoms with van der Waals surface area (Å²) < 4.78 is 10.5. The quantitative estimate of drug-likeness (QED) is 0.583. The van der Waals surface area contributed by atoms with Gasteiger partial charge in [0.1, 0.15) is 5.69 Å². The number of hydrogen-bond donors (Lipinski definition) is 0. The fraction of sp³-hybridized carbons (Fsp3) is 0.250. The van der Waals surface area contributed by atoms with Crippen molar-refractivity contribution in [3.8, 4) is 10.8 Å². The maximum absolute atomic E-state index is 13.2. The molecule has 27 heavy (non-hydrogen) atoms. The van der Waals surface area contributed by atoms with Crippen LogP contribution in [-0.4, -0.2) is 30.0 Å². The lowest BCUT2D eigenvalue weighted by molar-refractivity contribution is 0.0527. The van der Waals surface area contributed by atoms with Crippen molar-refractivity contribution in [2.24, 2.45) is 0 Å². The summed E-state index contributed by atoms with van der Waals surface area (Å²) in [7, 11) is 0. The maximum Gasteiger partial charge on any atom is 0.340 e. The summed E-state index contributed by atoms with van der Waals surface area (Å²) in [5, 5.41) is 0.649. The second-order valence-electron chi connectivity index (χ2n) is 5.69. The van der Waals surface area contributed by atoms with Gasteiger partial charge in [-0.2, -0.15) is 0 Å². The molecule has 2 aromatic heterocycles. The molecule has 3 rings (SSSR count). The van der Waals surface area contributed by atoms with E-state index >= 15 is 0 Å². The number of rotatable bonds is 6. The van der Waals surface area contributed by atoms with Crippen LogP contribution in [0.5, 0.6) is 0 Å². The lowest BCUT2D eigenvalue weighted by atomic mass is 10.1. The van der Waals surface area contributed by atoms with E-state index in [1.54, 1.807) is 54.5 Å². The van der Waals surface area contributed by atoms with Gasteiger partial charge in [-0.25, -0.2) is 9.78 Å². The monoisotopic (exact) mass is 384 g/mol. The molecule has 0 fully saturated rings. The maximum atomic E-state index is 13.2. The Morgan fingerprint density at radius 3 is 2.63 bits per heavy atom. The molecule has 0 aliphatic carbocycles. The Morgan fingerprint density at radius 1 is 1.19 bits per heavy atom. The van der Waals surface area contributed by atoms with E-state index in [-0.39, 0.29) is 12.5 Å². The van der Waals surface area contributed by atoms with Gasteiger partial charge in [0.05, 0.1) is 24.1 Å². The van der Waals surface area contributed by atoms with Crippen LogP contribution in [0.15, 0.2) is 47.1 Å². The lowest BCUT2D eigenvalue weighted by Gasteiger charge is -2.22. The zero-order chi connectivity index (χ0) is 19.4. The Hall–Kier alpha value is -2.93. The molecule has 0 aliphatic rings. The molecule has 0 radical (unpaired) electrons. The third kappa shape index (κ3) is 3.78. The van der Waals surface area contributed by atoms with Crippen LogP contribution in [-0.2, 0) is 4.74 Å². The third-order valence-electron chi connectivity index (χ3n) is 3.98. The van der Waals surface area contributed by atoms with E-state index in [4.69, 9.17) is 9.15 Å². The Labute approximate surface area is 161 Å². The SMILES string of the molecule is CCOC(=O)c1ccccc1N(CC)C(=O)c1nc(-c2ccco2)sc1C. The fourth-order valence-electron chi connectivity index (χ4n) is 2.74. The highest BCUT2D eigenvalue weighted by Crippen LogP contribution is 2.30. The summed E-state index contributed by atoms with van der Waals surface area (Å²) in [5.41, 5.74) is 1.22. The van der Waals surface area contributed by atoms with E-state index in [2.05, 4.69) is 4.98 Å². The van der Waals surface area contributed by atoms with Gasteiger partial charge in [-0.1, -0.05) is 12.1 Å². The van der Waals surface area contributed by atoms with Crippen LogP contribution in [0.3, 0.4) is 0 Å². The zero-order valence-corrected chi connectivity index (χ0v) is 16.2. The van der Waals surface area contributed by atoms with E-state index in [0.29, 0.717) is 34.3 Å². The molecule has 6 nitrogen and oxygen atoms in total. The van der Waals surface area contributed by atoms with Crippen molar-refractivity contribution >= 4 is 28.9 Å². The van der Waals surface area contributed by atoms with Crippen LogP contribution in [0.1, 0.15) is 39.6 Å². The Balaban J connectivity index is 1.98. The van der Waals surface area contributed by atoms with Gasteiger partial charge in [-0.3, -0.25) is 4.79 Å². The van der Waals surface area contributed by atoms with Gasteiger partial charge >= 0.3 is 5.97 Å². The first kappa shape index (κ1) is 18.8. The third-order valence-corrected chi connectivity index (χ3v) is 4.97. The smallest absolute Gasteiger partial charge is 0.340 e. The zero-order valence-electron chi connectivity index (χ0n) is 15.4. The van der Waals surface area contributed by atoms with E-state index in [0.717, 1.165) is 4.88 Å². The van der Waals surface area contributed by atoms with Gasteiger partial charge in [0.25, 0.3) is 5.91 Å². The van der Waals surface area contributed by atoms with Gasteiger partial charge < -0.3 is 14.1 Å². The molecule has 1 aromatic carbocycles. The number of benzene rings is 1. The molecule has 0 bridgehead atoms. The first-order valence-electron chi connectivity index (χ1n) is 8.66. The molecule has 0 unspecified atom stereocenters. The van der Waals surface area contributed by atoms with Crippen molar-refractivity contribution in [2.45, 2.75) is 20.8 Å². The second kappa shape index (κ2) is 8.18. The van der Waals surface area contributed by atoms with Gasteiger partial charge in [0, 0.05) is 11.4 Å². The van der Waals surface area contributed by atoms with Crippen LogP contribution in [0.2, 0.25) is 0 Å². The number of anilines is 1. The summed E-state index contributed by atoms with van der Waals surface area (Å²) in [6.45, 7) is 6.11. The van der Waals surface area contributed by atoms with Crippen LogP contribution >= 0.6 is 11.3 Å². The van der Waals surface area contributed by atoms with E-state index < -0.39 is 5.97 Å². The van der Waals surface area contributed by atoms with Crippen LogP contribution in [0.4, 0.5) is 5.69 Å². The highest BCUT2D eigenvalue weighted by Gasteiger charge is 2.26. The highest BCUT2D eigenvalue weighted by atomic mass is 32.1. The number of amides is 1. The first-order valence-corrected chi connectivity index (χ1v) is 9.47. The molecule has 2 heterocycles. The summed E-state index contributed by atoms with van der Waals surface area (Å²) in [5.74, 6) is -0.0939. The average molecular weight is 384 g/mol. The molecule has 0 N–H and O–H groups in total.